The Morgan fingerprint density at radius 3 is 2.19 bits per heavy atom. The van der Waals surface area contributed by atoms with Gasteiger partial charge in [-0.15, -0.1) is 0 Å². The highest BCUT2D eigenvalue weighted by atomic mass is 16.5. The summed E-state index contributed by atoms with van der Waals surface area (Å²) < 4.78 is 6.98. The Labute approximate surface area is 152 Å². The highest BCUT2D eigenvalue weighted by Gasteiger charge is 2.29. The van der Waals surface area contributed by atoms with E-state index in [1.165, 1.54) is 0 Å². The molecule has 0 aliphatic heterocycles. The normalized spacial score (nSPS) is 12.0. The minimum Gasteiger partial charge on any atom is -0.465 e. The van der Waals surface area contributed by atoms with Crippen molar-refractivity contribution in [3.8, 4) is 22.5 Å². The van der Waals surface area contributed by atoms with E-state index >= 15 is 0 Å². The molecule has 5 nitrogen and oxygen atoms in total. The van der Waals surface area contributed by atoms with Crippen molar-refractivity contribution in [1.29, 1.82) is 0 Å². The average Bonchev–Trinajstić information content (AvgIpc) is 3.01. The van der Waals surface area contributed by atoms with E-state index in [1.54, 1.807) is 6.92 Å². The molecular weight excluding hydrogens is 328 g/mol. The summed E-state index contributed by atoms with van der Waals surface area (Å²) in [6.45, 7) is 1.65. The molecule has 2 aromatic carbocycles. The highest BCUT2D eigenvalue weighted by Crippen LogP contribution is 2.34. The first-order valence-corrected chi connectivity index (χ1v) is 8.62. The zero-order valence-electron chi connectivity index (χ0n) is 14.9. The van der Waals surface area contributed by atoms with E-state index in [0.717, 1.165) is 22.5 Å². The van der Waals surface area contributed by atoms with Gasteiger partial charge in [-0.25, -0.2) is 4.98 Å². The predicted molar refractivity (Wildman–Crippen MR) is 101 cm³/mol. The number of aliphatic hydroxyl groups is 1. The Bertz CT molecular complexity index is 873. The predicted octanol–water partition coefficient (Wildman–Crippen LogP) is 3.39. The smallest absolute Gasteiger partial charge is 0.318 e. The summed E-state index contributed by atoms with van der Waals surface area (Å²) in [6.07, 6.45) is 0. The lowest BCUT2D eigenvalue weighted by Gasteiger charge is -2.13. The molecule has 0 spiro atoms. The number of imidazole rings is 1. The number of carbonyl (C=O) groups is 1. The van der Waals surface area contributed by atoms with Crippen molar-refractivity contribution in [2.24, 2.45) is 7.05 Å². The molecule has 0 radical (unpaired) electrons. The van der Waals surface area contributed by atoms with E-state index in [2.05, 4.69) is 0 Å². The molecule has 3 rings (SSSR count). The van der Waals surface area contributed by atoms with Gasteiger partial charge in [-0.1, -0.05) is 60.7 Å². The Balaban J connectivity index is 2.19. The molecule has 1 heterocycles. The Kier molecular flexibility index (Phi) is 5.49. The molecule has 0 bridgehead atoms. The van der Waals surface area contributed by atoms with E-state index in [-0.39, 0.29) is 13.2 Å². The average molecular weight is 350 g/mol. The van der Waals surface area contributed by atoms with Gasteiger partial charge in [-0.2, -0.15) is 0 Å². The number of nitrogens with zero attached hydrogens (tertiary/aromatic N) is 2. The Morgan fingerprint density at radius 1 is 1.08 bits per heavy atom. The third-order valence-corrected chi connectivity index (χ3v) is 4.29. The Morgan fingerprint density at radius 2 is 1.65 bits per heavy atom. The zero-order chi connectivity index (χ0) is 18.5. The van der Waals surface area contributed by atoms with Crippen molar-refractivity contribution in [3.05, 3.63) is 66.5 Å². The molecule has 0 saturated heterocycles. The monoisotopic (exact) mass is 350 g/mol. The maximum atomic E-state index is 12.3. The molecule has 5 heteroatoms. The fraction of sp³-hybridized carbons (Fsp3) is 0.238. The lowest BCUT2D eigenvalue weighted by Crippen LogP contribution is -2.22. The van der Waals surface area contributed by atoms with Gasteiger partial charge in [-0.05, 0) is 6.92 Å². The summed E-state index contributed by atoms with van der Waals surface area (Å²) in [4.78, 5) is 17.0. The maximum absolute atomic E-state index is 12.3. The second-order valence-corrected chi connectivity index (χ2v) is 5.95. The second-order valence-electron chi connectivity index (χ2n) is 5.95. The fourth-order valence-corrected chi connectivity index (χ4v) is 3.06. The van der Waals surface area contributed by atoms with Crippen LogP contribution >= 0.6 is 0 Å². The van der Waals surface area contributed by atoms with Gasteiger partial charge >= 0.3 is 5.97 Å². The quantitative estimate of drug-likeness (QED) is 0.692. The van der Waals surface area contributed by atoms with Crippen LogP contribution in [0.5, 0.6) is 0 Å². The van der Waals surface area contributed by atoms with E-state index in [4.69, 9.17) is 9.72 Å². The number of hydrogen-bond donors (Lipinski definition) is 1. The van der Waals surface area contributed by atoms with Crippen molar-refractivity contribution in [1.82, 2.24) is 9.55 Å². The van der Waals surface area contributed by atoms with Crippen molar-refractivity contribution < 1.29 is 14.6 Å². The number of esters is 1. The van der Waals surface area contributed by atoms with Crippen molar-refractivity contribution in [3.63, 3.8) is 0 Å². The molecular formula is C21H22N2O3. The maximum Gasteiger partial charge on any atom is 0.318 e. The fourth-order valence-electron chi connectivity index (χ4n) is 3.06. The van der Waals surface area contributed by atoms with Crippen molar-refractivity contribution >= 4 is 5.97 Å². The van der Waals surface area contributed by atoms with Crippen LogP contribution in [-0.4, -0.2) is 33.8 Å². The molecule has 1 aromatic heterocycles. The third kappa shape index (κ3) is 3.39. The molecule has 1 unspecified atom stereocenters. The second kappa shape index (κ2) is 7.97. The van der Waals surface area contributed by atoms with Crippen LogP contribution in [0.25, 0.3) is 22.5 Å². The van der Waals surface area contributed by atoms with Gasteiger partial charge < -0.3 is 14.4 Å². The molecule has 134 valence electrons. The minimum atomic E-state index is -0.820. The van der Waals surface area contributed by atoms with Crippen LogP contribution in [0.3, 0.4) is 0 Å². The van der Waals surface area contributed by atoms with Crippen LogP contribution in [0.2, 0.25) is 0 Å². The molecule has 0 amide bonds. The number of aromatic nitrogens is 2. The SMILES string of the molecule is CCOC(=O)C(CO)c1nc(-c2ccccc2)c(-c2ccccc2)n1C. The van der Waals surface area contributed by atoms with Crippen LogP contribution < -0.4 is 0 Å². The molecule has 1 atom stereocenters. The van der Waals surface area contributed by atoms with Gasteiger partial charge in [0.2, 0.25) is 0 Å². The highest BCUT2D eigenvalue weighted by molar-refractivity contribution is 5.82. The van der Waals surface area contributed by atoms with Crippen LogP contribution in [0, 0.1) is 0 Å². The first kappa shape index (κ1) is 17.9. The van der Waals surface area contributed by atoms with Crippen LogP contribution in [-0.2, 0) is 16.6 Å². The third-order valence-electron chi connectivity index (χ3n) is 4.29. The number of carbonyl (C=O) groups excluding carboxylic acids is 1. The summed E-state index contributed by atoms with van der Waals surface area (Å²) >= 11 is 0. The Hall–Kier alpha value is -2.92. The molecule has 1 N–H and O–H groups in total. The molecule has 0 fully saturated rings. The van der Waals surface area contributed by atoms with Gasteiger partial charge in [0.15, 0.2) is 0 Å². The summed E-state index contributed by atoms with van der Waals surface area (Å²) in [6, 6.07) is 19.7. The topological polar surface area (TPSA) is 64.3 Å². The van der Waals surface area contributed by atoms with Gasteiger partial charge in [0.05, 0.1) is 24.6 Å². The number of benzene rings is 2. The first-order valence-electron chi connectivity index (χ1n) is 8.62. The number of ether oxygens (including phenoxy) is 1. The molecule has 26 heavy (non-hydrogen) atoms. The summed E-state index contributed by atoms with van der Waals surface area (Å²) in [5.74, 6) is -0.800. The lowest BCUT2D eigenvalue weighted by molar-refractivity contribution is -0.146. The molecule has 3 aromatic rings. The molecule has 0 aliphatic carbocycles. The first-order chi connectivity index (χ1) is 12.7. The standard InChI is InChI=1S/C21H22N2O3/c1-3-26-21(25)17(14-24)20-22-18(15-10-6-4-7-11-15)19(23(20)2)16-12-8-5-9-13-16/h4-13,17,24H,3,14H2,1-2H3. The van der Waals surface area contributed by atoms with Gasteiger partial charge in [0, 0.05) is 18.2 Å². The van der Waals surface area contributed by atoms with E-state index in [0.29, 0.717) is 5.82 Å². The van der Waals surface area contributed by atoms with E-state index in [1.807, 2.05) is 72.3 Å². The minimum absolute atomic E-state index is 0.261. The molecule has 0 saturated carbocycles. The van der Waals surface area contributed by atoms with Crippen molar-refractivity contribution in [2.45, 2.75) is 12.8 Å². The summed E-state index contributed by atoms with van der Waals surface area (Å²) in [5.41, 5.74) is 3.62. The summed E-state index contributed by atoms with van der Waals surface area (Å²) in [5, 5.41) is 9.79. The number of aliphatic hydroxyl groups excluding tert-OH is 1. The number of hydrogen-bond acceptors (Lipinski definition) is 4. The van der Waals surface area contributed by atoms with Gasteiger partial charge in [-0.3, -0.25) is 4.79 Å². The van der Waals surface area contributed by atoms with Crippen LogP contribution in [0.1, 0.15) is 18.7 Å². The summed E-state index contributed by atoms with van der Waals surface area (Å²) in [7, 11) is 1.86. The van der Waals surface area contributed by atoms with Crippen LogP contribution in [0.15, 0.2) is 60.7 Å². The van der Waals surface area contributed by atoms with Gasteiger partial charge in [0.1, 0.15) is 11.7 Å². The van der Waals surface area contributed by atoms with E-state index < -0.39 is 11.9 Å². The van der Waals surface area contributed by atoms with E-state index in [9.17, 15) is 9.90 Å². The van der Waals surface area contributed by atoms with Gasteiger partial charge in [0.25, 0.3) is 0 Å². The molecule has 0 aliphatic rings. The lowest BCUT2D eigenvalue weighted by atomic mass is 10.1. The van der Waals surface area contributed by atoms with Crippen molar-refractivity contribution in [2.75, 3.05) is 13.2 Å². The van der Waals surface area contributed by atoms with Crippen LogP contribution in [0.4, 0.5) is 0 Å². The number of rotatable bonds is 6. The largest absolute Gasteiger partial charge is 0.465 e. The zero-order valence-corrected chi connectivity index (χ0v) is 14.9.